The van der Waals surface area contributed by atoms with E-state index in [9.17, 15) is 76.5 Å². The van der Waals surface area contributed by atoms with Gasteiger partial charge in [-0.25, -0.2) is 13.2 Å². The third-order valence-electron chi connectivity index (χ3n) is 11.6. The van der Waals surface area contributed by atoms with Gasteiger partial charge in [0.25, 0.3) is 0 Å². The van der Waals surface area contributed by atoms with Crippen molar-refractivity contribution >= 4 is 91.9 Å². The van der Waals surface area contributed by atoms with Crippen LogP contribution in [0, 0.1) is 5.92 Å². The van der Waals surface area contributed by atoms with Gasteiger partial charge in [0.1, 0.15) is 52.1 Å². The summed E-state index contributed by atoms with van der Waals surface area (Å²) >= 11 is 0. The van der Waals surface area contributed by atoms with Crippen LogP contribution in [-0.4, -0.2) is 178 Å². The molecule has 30 nitrogen and oxygen atoms in total. The minimum absolute atomic E-state index is 0.0446. The van der Waals surface area contributed by atoms with Gasteiger partial charge in [-0.3, -0.25) is 52.9 Å². The Labute approximate surface area is 448 Å². The minimum Gasteiger partial charge on any atom is -0.481 e. The van der Waals surface area contributed by atoms with Crippen LogP contribution < -0.4 is 60.2 Å². The van der Waals surface area contributed by atoms with Gasteiger partial charge >= 0.3 is 23.9 Å². The number of aromatic nitrogens is 1. The molecule has 0 radical (unpaired) electrons. The number of nitrogens with two attached hydrogens (primary N) is 4. The van der Waals surface area contributed by atoms with Crippen molar-refractivity contribution in [2.24, 2.45) is 33.8 Å². The van der Waals surface area contributed by atoms with E-state index in [0.29, 0.717) is 22.9 Å². The average molecular weight is 1120 g/mol. The van der Waals surface area contributed by atoms with Gasteiger partial charge in [0.05, 0.1) is 24.6 Å². The number of carbonyl (C=O) groups excluding carboxylic acids is 7. The summed E-state index contributed by atoms with van der Waals surface area (Å²) in [5, 5.41) is 55.3. The highest BCUT2D eigenvalue weighted by Crippen LogP contribution is 2.20. The zero-order chi connectivity index (χ0) is 58.9. The maximum absolute atomic E-state index is 14.4. The number of nitrogens with one attached hydrogen (secondary N) is 8. The number of hydrogen-bond donors (Lipinski definition) is 16. The molecule has 78 heavy (non-hydrogen) atoms. The van der Waals surface area contributed by atoms with E-state index in [1.165, 1.54) is 0 Å². The first-order valence-electron chi connectivity index (χ1n) is 24.8. The molecule has 2 rings (SSSR count). The van der Waals surface area contributed by atoms with E-state index in [4.69, 9.17) is 28.0 Å². The summed E-state index contributed by atoms with van der Waals surface area (Å²) in [4.78, 5) is 151. The molecule has 7 amide bonds. The van der Waals surface area contributed by atoms with Crippen molar-refractivity contribution in [1.29, 1.82) is 0 Å². The van der Waals surface area contributed by atoms with Gasteiger partial charge in [-0.2, -0.15) is 0 Å². The molecular weight excluding hydrogens is 1050 g/mol. The molecule has 2 aromatic rings. The molecule has 1 aromatic heterocycles. The lowest BCUT2D eigenvalue weighted by atomic mass is 10.0. The van der Waals surface area contributed by atoms with Crippen LogP contribution in [0.15, 0.2) is 35.5 Å². The maximum atomic E-state index is 14.4. The Balaban J connectivity index is 2.54. The first kappa shape index (κ1) is 66.2. The molecule has 0 aliphatic rings. The Bertz CT molecular complexity index is 2590. The number of aliphatic imine (C=N–C) groups is 1. The third-order valence-corrected chi connectivity index (χ3v) is 12.6. The summed E-state index contributed by atoms with van der Waals surface area (Å²) in [6, 6.07) is -6.23. The van der Waals surface area contributed by atoms with Crippen molar-refractivity contribution < 1.29 is 81.6 Å². The number of guanidine groups is 1. The number of para-hydroxylation sites is 1. The number of hydrogen-bond acceptors (Lipinski definition) is 16. The number of amides is 7. The fourth-order valence-electron chi connectivity index (χ4n) is 7.67. The second-order valence-electron chi connectivity index (χ2n) is 18.8. The van der Waals surface area contributed by atoms with Gasteiger partial charge < -0.3 is 85.6 Å². The van der Waals surface area contributed by atoms with Crippen LogP contribution in [0.3, 0.4) is 0 Å². The van der Waals surface area contributed by atoms with Crippen molar-refractivity contribution in [3.8, 4) is 0 Å². The first-order chi connectivity index (χ1) is 36.5. The monoisotopic (exact) mass is 1120 g/mol. The smallest absolute Gasteiger partial charge is 0.326 e. The molecule has 0 bridgehead atoms. The Morgan fingerprint density at radius 3 is 1.63 bits per heavy atom. The molecule has 0 aliphatic heterocycles. The number of aliphatic carboxylic acids is 4. The second kappa shape index (κ2) is 32.6. The standard InChI is InChI=1S/C47H73N13O17S/c1-24(2)19-33(58-45(73)35(22-38(65)66)60-42(70)31(13-14-36(61)62)54-39(67)27(49)21-37(63)64)43(71)56-29(11-6-7-16-48)40(68)55-30(12-8-17-52-47(50)51)41(69)59-34(20-25-23-53-28-10-5-4-9-26(25)28)44(72)57-32(46(74)75)15-18-78(3,76)77/h4-5,9-10,23-24,27,29-35,53H,6-8,11-22,48-49H2,1-3H3,(H,54,67)(H,55,68)(H,56,71)(H,57,72)(H,58,73)(H,59,69)(H,60,70)(H,61,62)(H,63,64)(H,65,66)(H,74,75)(H4,50,51,52)/t27-,29-,30-,31-,32-,33-,34-,35-/m0/s1. The summed E-state index contributed by atoms with van der Waals surface area (Å²) < 4.78 is 23.9. The molecule has 0 fully saturated rings. The third kappa shape index (κ3) is 24.8. The zero-order valence-electron chi connectivity index (χ0n) is 43.5. The van der Waals surface area contributed by atoms with Gasteiger partial charge in [0, 0.05) is 42.7 Å². The minimum atomic E-state index is -3.67. The molecule has 20 N–H and O–H groups in total. The van der Waals surface area contributed by atoms with Crippen LogP contribution >= 0.6 is 0 Å². The fraction of sp³-hybridized carbons (Fsp3) is 0.574. The van der Waals surface area contributed by atoms with E-state index in [1.807, 2.05) is 0 Å². The number of sulfone groups is 1. The van der Waals surface area contributed by atoms with E-state index in [-0.39, 0.29) is 63.5 Å². The number of H-pyrrole nitrogens is 1. The van der Waals surface area contributed by atoms with Crippen molar-refractivity contribution in [3.63, 3.8) is 0 Å². The number of aromatic amines is 1. The number of carboxylic acid groups (broad SMARTS) is 4. The predicted molar refractivity (Wildman–Crippen MR) is 279 cm³/mol. The van der Waals surface area contributed by atoms with Crippen molar-refractivity contribution in [2.45, 2.75) is 139 Å². The highest BCUT2D eigenvalue weighted by molar-refractivity contribution is 7.90. The SMILES string of the molecule is CC(C)C[C@H](NC(=O)[C@H](CC(=O)O)NC(=O)[C@H](CCC(=O)O)NC(=O)[C@@H](N)CC(=O)O)C(=O)N[C@@H](CCCCN)C(=O)N[C@@H](CCCN=C(N)N)C(=O)N[C@@H](Cc1c[nH]c2ccccc12)C(=O)N[C@@H](CCS(C)(=O)=O)C(=O)O. The molecule has 0 saturated carbocycles. The van der Waals surface area contributed by atoms with Crippen LogP contribution in [0.2, 0.25) is 0 Å². The number of carbonyl (C=O) groups is 11. The Morgan fingerprint density at radius 2 is 1.09 bits per heavy atom. The molecule has 1 aromatic carbocycles. The van der Waals surface area contributed by atoms with Crippen molar-refractivity contribution in [1.82, 2.24) is 42.2 Å². The predicted octanol–water partition coefficient (Wildman–Crippen LogP) is -4.01. The number of carboxylic acids is 4. The number of nitrogens with zero attached hydrogens (tertiary/aromatic N) is 1. The van der Waals surface area contributed by atoms with Gasteiger partial charge in [0.15, 0.2) is 5.96 Å². The Morgan fingerprint density at radius 1 is 0.603 bits per heavy atom. The average Bonchev–Trinajstić information content (AvgIpc) is 3.75. The lowest BCUT2D eigenvalue weighted by Gasteiger charge is -2.28. The number of unbranched alkanes of at least 4 members (excludes halogenated alkanes) is 1. The first-order valence-corrected chi connectivity index (χ1v) is 26.8. The van der Waals surface area contributed by atoms with Crippen LogP contribution in [0.1, 0.15) is 90.0 Å². The largest absolute Gasteiger partial charge is 0.481 e. The van der Waals surface area contributed by atoms with Crippen LogP contribution in [0.25, 0.3) is 10.9 Å². The topological polar surface area (TPSA) is 519 Å². The van der Waals surface area contributed by atoms with Crippen LogP contribution in [-0.2, 0) is 69.0 Å². The van der Waals surface area contributed by atoms with E-state index < -0.39 is 161 Å². The van der Waals surface area contributed by atoms with E-state index in [1.54, 1.807) is 44.3 Å². The molecule has 0 saturated heterocycles. The molecule has 31 heteroatoms. The second-order valence-corrected chi connectivity index (χ2v) is 21.1. The number of rotatable bonds is 37. The summed E-state index contributed by atoms with van der Waals surface area (Å²) in [7, 11) is -3.67. The molecule has 0 spiro atoms. The number of benzene rings is 1. The maximum Gasteiger partial charge on any atom is 0.326 e. The van der Waals surface area contributed by atoms with E-state index in [0.717, 1.165) is 6.26 Å². The van der Waals surface area contributed by atoms with E-state index >= 15 is 0 Å². The Hall–Kier alpha value is -7.93. The normalized spacial score (nSPS) is 14.4. The molecule has 434 valence electrons. The lowest BCUT2D eigenvalue weighted by molar-refractivity contribution is -0.142. The highest BCUT2D eigenvalue weighted by atomic mass is 32.2. The molecular formula is C47H73N13O17S. The summed E-state index contributed by atoms with van der Waals surface area (Å²) in [5.41, 5.74) is 23.5. The lowest BCUT2D eigenvalue weighted by Crippen LogP contribution is -2.60. The molecule has 1 heterocycles. The van der Waals surface area contributed by atoms with Crippen LogP contribution in [0.4, 0.5) is 0 Å². The molecule has 0 unspecified atom stereocenters. The zero-order valence-corrected chi connectivity index (χ0v) is 44.3. The van der Waals surface area contributed by atoms with Gasteiger partial charge in [-0.1, -0.05) is 32.0 Å². The van der Waals surface area contributed by atoms with Crippen molar-refractivity contribution in [2.75, 3.05) is 25.1 Å². The van der Waals surface area contributed by atoms with Gasteiger partial charge in [-0.15, -0.1) is 0 Å². The van der Waals surface area contributed by atoms with Crippen molar-refractivity contribution in [3.05, 3.63) is 36.0 Å². The summed E-state index contributed by atoms with van der Waals surface area (Å²) in [6.45, 7) is 3.44. The van der Waals surface area contributed by atoms with Gasteiger partial charge in [0.2, 0.25) is 41.4 Å². The Kier molecular flexibility index (Phi) is 27.7. The quantitative estimate of drug-likeness (QED) is 0.0174. The fourth-order valence-corrected chi connectivity index (χ4v) is 8.33. The summed E-state index contributed by atoms with van der Waals surface area (Å²) in [5.74, 6) is -14.9. The van der Waals surface area contributed by atoms with E-state index in [2.05, 4.69) is 47.2 Å². The molecule has 0 aliphatic carbocycles. The number of fused-ring (bicyclic) bond motifs is 1. The highest BCUT2D eigenvalue weighted by Gasteiger charge is 2.36. The van der Waals surface area contributed by atoms with Gasteiger partial charge in [-0.05, 0) is 75.5 Å². The molecule has 8 atom stereocenters. The van der Waals surface area contributed by atoms with Crippen LogP contribution in [0.5, 0.6) is 0 Å². The summed E-state index contributed by atoms with van der Waals surface area (Å²) in [6.07, 6.45) is -1.42.